The van der Waals surface area contributed by atoms with Gasteiger partial charge in [0.1, 0.15) is 12.4 Å². The third-order valence-electron chi connectivity index (χ3n) is 2.63. The standard InChI is InChI=1S/C12H15NO4/c1-8-3-2-4-9(6-14)11(8)16-7-10-5-13-12(15)17-10/h2-4,10,14H,5-7H2,1H3,(H,13,15). The second-order valence-corrected chi connectivity index (χ2v) is 3.94. The van der Waals surface area contributed by atoms with Gasteiger partial charge in [-0.05, 0) is 12.5 Å². The Bertz CT molecular complexity index is 419. The molecule has 1 saturated heterocycles. The number of hydrogen-bond donors (Lipinski definition) is 2. The van der Waals surface area contributed by atoms with Crippen molar-refractivity contribution in [1.29, 1.82) is 0 Å². The van der Waals surface area contributed by atoms with Gasteiger partial charge >= 0.3 is 6.09 Å². The highest BCUT2D eigenvalue weighted by atomic mass is 16.6. The summed E-state index contributed by atoms with van der Waals surface area (Å²) in [4.78, 5) is 10.8. The van der Waals surface area contributed by atoms with Crippen LogP contribution in [0.5, 0.6) is 5.75 Å². The smallest absolute Gasteiger partial charge is 0.407 e. The molecule has 1 fully saturated rings. The predicted molar refractivity (Wildman–Crippen MR) is 60.9 cm³/mol. The molecule has 0 bridgehead atoms. The fourth-order valence-corrected chi connectivity index (χ4v) is 1.75. The van der Waals surface area contributed by atoms with Crippen LogP contribution >= 0.6 is 0 Å². The van der Waals surface area contributed by atoms with Gasteiger partial charge in [-0.1, -0.05) is 18.2 Å². The van der Waals surface area contributed by atoms with E-state index in [2.05, 4.69) is 5.32 Å². The molecule has 1 aromatic rings. The van der Waals surface area contributed by atoms with E-state index in [4.69, 9.17) is 9.47 Å². The van der Waals surface area contributed by atoms with Gasteiger partial charge in [0.15, 0.2) is 6.10 Å². The Labute approximate surface area is 99.3 Å². The fourth-order valence-electron chi connectivity index (χ4n) is 1.75. The minimum atomic E-state index is -0.411. The number of aliphatic hydroxyl groups excluding tert-OH is 1. The molecule has 1 aliphatic rings. The first-order valence-electron chi connectivity index (χ1n) is 5.47. The lowest BCUT2D eigenvalue weighted by molar-refractivity contribution is 0.103. The van der Waals surface area contributed by atoms with Crippen molar-refractivity contribution >= 4 is 6.09 Å². The van der Waals surface area contributed by atoms with E-state index in [1.165, 1.54) is 0 Å². The summed E-state index contributed by atoms with van der Waals surface area (Å²) in [6.07, 6.45) is -0.681. The molecule has 1 heterocycles. The molecule has 5 heteroatoms. The van der Waals surface area contributed by atoms with Gasteiger partial charge in [0.05, 0.1) is 13.2 Å². The number of alkyl carbamates (subject to hydrolysis) is 1. The number of hydrogen-bond acceptors (Lipinski definition) is 4. The maximum atomic E-state index is 10.8. The zero-order chi connectivity index (χ0) is 12.3. The number of rotatable bonds is 4. The normalized spacial score (nSPS) is 18.7. The number of amides is 1. The summed E-state index contributed by atoms with van der Waals surface area (Å²) >= 11 is 0. The van der Waals surface area contributed by atoms with Crippen LogP contribution in [-0.2, 0) is 11.3 Å². The van der Waals surface area contributed by atoms with Crippen LogP contribution in [0, 0.1) is 6.92 Å². The van der Waals surface area contributed by atoms with Crippen LogP contribution in [0.25, 0.3) is 0 Å². The van der Waals surface area contributed by atoms with Crippen LogP contribution in [0.3, 0.4) is 0 Å². The van der Waals surface area contributed by atoms with Gasteiger partial charge in [0.25, 0.3) is 0 Å². The number of cyclic esters (lactones) is 1. The molecule has 0 aliphatic carbocycles. The molecule has 17 heavy (non-hydrogen) atoms. The first-order valence-corrected chi connectivity index (χ1v) is 5.47. The highest BCUT2D eigenvalue weighted by Crippen LogP contribution is 2.23. The lowest BCUT2D eigenvalue weighted by Gasteiger charge is -2.14. The Morgan fingerprint density at radius 2 is 2.41 bits per heavy atom. The second kappa shape index (κ2) is 5.05. The van der Waals surface area contributed by atoms with Gasteiger partial charge in [0.2, 0.25) is 0 Å². The Morgan fingerprint density at radius 1 is 1.59 bits per heavy atom. The summed E-state index contributed by atoms with van der Waals surface area (Å²) in [6, 6.07) is 5.58. The highest BCUT2D eigenvalue weighted by Gasteiger charge is 2.23. The van der Waals surface area contributed by atoms with Crippen molar-refractivity contribution in [3.8, 4) is 5.75 Å². The average Bonchev–Trinajstić information content (AvgIpc) is 2.73. The minimum Gasteiger partial charge on any atom is -0.489 e. The monoisotopic (exact) mass is 237 g/mol. The van der Waals surface area contributed by atoms with Crippen molar-refractivity contribution in [2.75, 3.05) is 13.2 Å². The van der Waals surface area contributed by atoms with Crippen molar-refractivity contribution in [2.45, 2.75) is 19.6 Å². The van der Waals surface area contributed by atoms with Crippen LogP contribution in [0.4, 0.5) is 4.79 Å². The SMILES string of the molecule is Cc1cccc(CO)c1OCC1CNC(=O)O1. The van der Waals surface area contributed by atoms with E-state index < -0.39 is 6.09 Å². The average molecular weight is 237 g/mol. The van der Waals surface area contributed by atoms with E-state index in [0.29, 0.717) is 12.3 Å². The van der Waals surface area contributed by atoms with Gasteiger partial charge < -0.3 is 19.9 Å². The molecule has 5 nitrogen and oxygen atoms in total. The van der Waals surface area contributed by atoms with E-state index in [1.54, 1.807) is 6.07 Å². The van der Waals surface area contributed by atoms with Crippen molar-refractivity contribution in [1.82, 2.24) is 5.32 Å². The van der Waals surface area contributed by atoms with E-state index in [-0.39, 0.29) is 19.3 Å². The minimum absolute atomic E-state index is 0.0697. The van der Waals surface area contributed by atoms with Crippen LogP contribution in [0.2, 0.25) is 0 Å². The van der Waals surface area contributed by atoms with Gasteiger partial charge in [0, 0.05) is 5.56 Å². The van der Waals surface area contributed by atoms with Crippen molar-refractivity contribution in [2.24, 2.45) is 0 Å². The van der Waals surface area contributed by atoms with Crippen molar-refractivity contribution in [3.05, 3.63) is 29.3 Å². The molecule has 0 radical (unpaired) electrons. The summed E-state index contributed by atoms with van der Waals surface area (Å²) in [5.41, 5.74) is 1.69. The highest BCUT2D eigenvalue weighted by molar-refractivity contribution is 5.69. The Balaban J connectivity index is 2.01. The maximum absolute atomic E-state index is 10.8. The molecule has 2 N–H and O–H groups in total. The number of nitrogens with one attached hydrogen (secondary N) is 1. The topological polar surface area (TPSA) is 67.8 Å². The van der Waals surface area contributed by atoms with Gasteiger partial charge in [-0.2, -0.15) is 0 Å². The summed E-state index contributed by atoms with van der Waals surface area (Å²) < 4.78 is 10.6. The quantitative estimate of drug-likeness (QED) is 0.819. The van der Waals surface area contributed by atoms with E-state index in [1.807, 2.05) is 19.1 Å². The van der Waals surface area contributed by atoms with Crippen molar-refractivity contribution in [3.63, 3.8) is 0 Å². The zero-order valence-corrected chi connectivity index (χ0v) is 9.60. The molecule has 0 saturated carbocycles. The first-order chi connectivity index (χ1) is 8.20. The summed E-state index contributed by atoms with van der Waals surface area (Å²) in [7, 11) is 0. The molecule has 1 atom stereocenters. The van der Waals surface area contributed by atoms with E-state index >= 15 is 0 Å². The number of carbonyl (C=O) groups is 1. The number of benzene rings is 1. The fraction of sp³-hybridized carbons (Fsp3) is 0.417. The van der Waals surface area contributed by atoms with Gasteiger partial charge in [-0.3, -0.25) is 0 Å². The number of ether oxygens (including phenoxy) is 2. The molecule has 1 amide bonds. The van der Waals surface area contributed by atoms with Crippen LogP contribution < -0.4 is 10.1 Å². The van der Waals surface area contributed by atoms with Gasteiger partial charge in [-0.25, -0.2) is 4.79 Å². The molecule has 1 aliphatic heterocycles. The molecule has 92 valence electrons. The molecular weight excluding hydrogens is 222 g/mol. The summed E-state index contributed by atoms with van der Waals surface area (Å²) in [6.45, 7) is 2.59. The molecule has 1 aromatic carbocycles. The van der Waals surface area contributed by atoms with Crippen molar-refractivity contribution < 1.29 is 19.4 Å². The van der Waals surface area contributed by atoms with Crippen LogP contribution in [-0.4, -0.2) is 30.5 Å². The lowest BCUT2D eigenvalue weighted by Crippen LogP contribution is -2.22. The summed E-state index contributed by atoms with van der Waals surface area (Å²) in [5, 5.41) is 11.8. The van der Waals surface area contributed by atoms with Gasteiger partial charge in [-0.15, -0.1) is 0 Å². The lowest BCUT2D eigenvalue weighted by atomic mass is 10.1. The Kier molecular flexibility index (Phi) is 3.49. The summed E-state index contributed by atoms with van der Waals surface area (Å²) in [5.74, 6) is 0.665. The maximum Gasteiger partial charge on any atom is 0.407 e. The largest absolute Gasteiger partial charge is 0.489 e. The van der Waals surface area contributed by atoms with E-state index in [9.17, 15) is 9.90 Å². The third kappa shape index (κ3) is 2.68. The van der Waals surface area contributed by atoms with Crippen LogP contribution in [0.1, 0.15) is 11.1 Å². The Hall–Kier alpha value is -1.75. The third-order valence-corrected chi connectivity index (χ3v) is 2.63. The molecule has 0 aromatic heterocycles. The molecule has 2 rings (SSSR count). The molecule has 0 spiro atoms. The molecule has 1 unspecified atom stereocenters. The van der Waals surface area contributed by atoms with Crippen LogP contribution in [0.15, 0.2) is 18.2 Å². The number of aryl methyl sites for hydroxylation is 1. The second-order valence-electron chi connectivity index (χ2n) is 3.94. The zero-order valence-electron chi connectivity index (χ0n) is 9.60. The number of aliphatic hydroxyl groups is 1. The predicted octanol–water partition coefficient (Wildman–Crippen LogP) is 0.975. The number of para-hydroxylation sites is 1. The Morgan fingerprint density at radius 3 is 3.06 bits per heavy atom. The molecular formula is C12H15NO4. The van der Waals surface area contributed by atoms with E-state index in [0.717, 1.165) is 11.1 Å². The first kappa shape index (κ1) is 11.7. The number of carbonyl (C=O) groups excluding carboxylic acids is 1.